The van der Waals surface area contributed by atoms with Gasteiger partial charge in [0.05, 0.1) is 0 Å². The molecule has 54 valence electrons. The second kappa shape index (κ2) is 2.33. The number of carbonyl (C=O) groups is 1. The average Bonchev–Trinajstić information content (AvgIpc) is 1.65. The third kappa shape index (κ3) is 1.65. The van der Waals surface area contributed by atoms with Gasteiger partial charge in [0.1, 0.15) is 5.66 Å². The van der Waals surface area contributed by atoms with Crippen molar-refractivity contribution in [1.29, 1.82) is 0 Å². The van der Waals surface area contributed by atoms with Gasteiger partial charge in [-0.25, -0.2) is 0 Å². The molecule has 6 N–H and O–H groups in total. The van der Waals surface area contributed by atoms with Gasteiger partial charge in [-0.1, -0.05) is 13.8 Å². The fourth-order valence-electron chi connectivity index (χ4n) is 0.285. The quantitative estimate of drug-likeness (QED) is 0.408. The maximum atomic E-state index is 10.4. The first-order valence-electron chi connectivity index (χ1n) is 2.76. The third-order valence-corrected chi connectivity index (χ3v) is 1.38. The minimum absolute atomic E-state index is 0.130. The second-order valence-electron chi connectivity index (χ2n) is 2.45. The van der Waals surface area contributed by atoms with E-state index in [9.17, 15) is 4.79 Å². The van der Waals surface area contributed by atoms with Gasteiger partial charge in [-0.05, 0) is 5.92 Å². The molecule has 0 aromatic carbocycles. The molecule has 0 bridgehead atoms. The molecular weight excluding hydrogens is 118 g/mol. The Kier molecular flexibility index (Phi) is 2.17. The van der Waals surface area contributed by atoms with Gasteiger partial charge in [0, 0.05) is 0 Å². The molecule has 0 heterocycles. The van der Waals surface area contributed by atoms with Crippen LogP contribution in [0.15, 0.2) is 0 Å². The van der Waals surface area contributed by atoms with Crippen LogP contribution in [0, 0.1) is 5.92 Å². The summed E-state index contributed by atoms with van der Waals surface area (Å²) < 4.78 is 0. The van der Waals surface area contributed by atoms with E-state index in [2.05, 4.69) is 0 Å². The Morgan fingerprint density at radius 2 is 1.78 bits per heavy atom. The minimum atomic E-state index is -1.36. The predicted molar refractivity (Wildman–Crippen MR) is 35.1 cm³/mol. The molecule has 4 nitrogen and oxygen atoms in total. The van der Waals surface area contributed by atoms with Crippen LogP contribution >= 0.6 is 0 Å². The van der Waals surface area contributed by atoms with Crippen molar-refractivity contribution in [2.45, 2.75) is 19.5 Å². The van der Waals surface area contributed by atoms with E-state index in [1.54, 1.807) is 13.8 Å². The lowest BCUT2D eigenvalue weighted by Crippen LogP contribution is -2.63. The molecule has 0 rings (SSSR count). The molecule has 4 heteroatoms. The Balaban J connectivity index is 4.19. The first kappa shape index (κ1) is 8.39. The Hall–Kier alpha value is -0.610. The first-order valence-corrected chi connectivity index (χ1v) is 2.76. The summed E-state index contributed by atoms with van der Waals surface area (Å²) >= 11 is 0. The van der Waals surface area contributed by atoms with E-state index in [-0.39, 0.29) is 5.92 Å². The topological polar surface area (TPSA) is 95.1 Å². The fraction of sp³-hybridized carbons (Fsp3) is 0.800. The fourth-order valence-corrected chi connectivity index (χ4v) is 0.285. The van der Waals surface area contributed by atoms with E-state index >= 15 is 0 Å². The molecular formula is C5H13N3O. The monoisotopic (exact) mass is 131 g/mol. The van der Waals surface area contributed by atoms with Crippen molar-refractivity contribution in [1.82, 2.24) is 0 Å². The zero-order valence-electron chi connectivity index (χ0n) is 5.72. The summed E-state index contributed by atoms with van der Waals surface area (Å²) in [6.45, 7) is 3.48. The van der Waals surface area contributed by atoms with Gasteiger partial charge in [0.2, 0.25) is 0 Å². The van der Waals surface area contributed by atoms with Gasteiger partial charge in [0.25, 0.3) is 5.91 Å². The van der Waals surface area contributed by atoms with E-state index in [0.717, 1.165) is 0 Å². The Labute approximate surface area is 54.4 Å². The van der Waals surface area contributed by atoms with E-state index in [4.69, 9.17) is 17.2 Å². The molecule has 0 saturated carbocycles. The molecule has 0 spiro atoms. The van der Waals surface area contributed by atoms with Crippen molar-refractivity contribution in [3.63, 3.8) is 0 Å². The van der Waals surface area contributed by atoms with Crippen molar-refractivity contribution in [3.05, 3.63) is 0 Å². The molecule has 0 fully saturated rings. The van der Waals surface area contributed by atoms with Crippen LogP contribution < -0.4 is 17.2 Å². The Morgan fingerprint density at radius 1 is 1.44 bits per heavy atom. The molecule has 0 atom stereocenters. The summed E-state index contributed by atoms with van der Waals surface area (Å²) in [5, 5.41) is 0. The van der Waals surface area contributed by atoms with Crippen LogP contribution in [0.5, 0.6) is 0 Å². The van der Waals surface area contributed by atoms with Crippen LogP contribution in [0.3, 0.4) is 0 Å². The van der Waals surface area contributed by atoms with Crippen LogP contribution in [0.25, 0.3) is 0 Å². The number of carbonyl (C=O) groups excluding carboxylic acids is 1. The molecule has 9 heavy (non-hydrogen) atoms. The summed E-state index contributed by atoms with van der Waals surface area (Å²) in [7, 11) is 0. The lowest BCUT2D eigenvalue weighted by Gasteiger charge is -2.24. The summed E-state index contributed by atoms with van der Waals surface area (Å²) in [6.07, 6.45) is 0. The van der Waals surface area contributed by atoms with Gasteiger partial charge in [-0.3, -0.25) is 4.79 Å². The van der Waals surface area contributed by atoms with Crippen molar-refractivity contribution in [2.75, 3.05) is 0 Å². The molecule has 0 aliphatic carbocycles. The maximum Gasteiger partial charge on any atom is 0.252 e. The molecule has 0 saturated heterocycles. The predicted octanol–water partition coefficient (Wildman–Crippen LogP) is -1.26. The van der Waals surface area contributed by atoms with Crippen molar-refractivity contribution in [3.8, 4) is 0 Å². The van der Waals surface area contributed by atoms with Gasteiger partial charge < -0.3 is 17.2 Å². The molecule has 0 aliphatic heterocycles. The van der Waals surface area contributed by atoms with Crippen LogP contribution in [-0.4, -0.2) is 11.6 Å². The zero-order chi connectivity index (χ0) is 7.65. The van der Waals surface area contributed by atoms with E-state index in [0.29, 0.717) is 0 Å². The molecule has 0 unspecified atom stereocenters. The summed E-state index contributed by atoms with van der Waals surface area (Å²) in [6, 6.07) is 0. The third-order valence-electron chi connectivity index (χ3n) is 1.38. The smallest absolute Gasteiger partial charge is 0.252 e. The molecule has 0 aromatic rings. The number of hydrogen-bond donors (Lipinski definition) is 3. The first-order chi connectivity index (χ1) is 3.89. The van der Waals surface area contributed by atoms with E-state index in [1.165, 1.54) is 0 Å². The highest BCUT2D eigenvalue weighted by atomic mass is 16.1. The molecule has 0 aliphatic rings. The van der Waals surface area contributed by atoms with Gasteiger partial charge >= 0.3 is 0 Å². The highest BCUT2D eigenvalue weighted by molar-refractivity contribution is 5.83. The standard InChI is InChI=1S/C5H13N3O/c1-3(2)5(7,8)4(6)9/h3H,7-8H2,1-2H3,(H2,6,9). The summed E-state index contributed by atoms with van der Waals surface area (Å²) in [5.41, 5.74) is 14.1. The highest BCUT2D eigenvalue weighted by Gasteiger charge is 2.29. The minimum Gasteiger partial charge on any atom is -0.367 e. The van der Waals surface area contributed by atoms with Gasteiger partial charge in [0.15, 0.2) is 0 Å². The van der Waals surface area contributed by atoms with E-state index in [1.807, 2.05) is 0 Å². The lowest BCUT2D eigenvalue weighted by molar-refractivity contribution is -0.124. The Morgan fingerprint density at radius 3 is 1.78 bits per heavy atom. The number of primary amides is 1. The largest absolute Gasteiger partial charge is 0.367 e. The highest BCUT2D eigenvalue weighted by Crippen LogP contribution is 2.04. The zero-order valence-corrected chi connectivity index (χ0v) is 5.72. The van der Waals surface area contributed by atoms with Crippen LogP contribution in [-0.2, 0) is 4.79 Å². The summed E-state index contributed by atoms with van der Waals surface area (Å²) in [5.74, 6) is -0.799. The normalized spacial score (nSPS) is 12.1. The lowest BCUT2D eigenvalue weighted by atomic mass is 9.98. The maximum absolute atomic E-state index is 10.4. The van der Waals surface area contributed by atoms with Crippen molar-refractivity contribution in [2.24, 2.45) is 23.1 Å². The Bertz CT molecular complexity index is 119. The van der Waals surface area contributed by atoms with E-state index < -0.39 is 11.6 Å². The SMILES string of the molecule is CC(C)C(N)(N)C(N)=O. The summed E-state index contributed by atoms with van der Waals surface area (Å²) in [4.78, 5) is 10.4. The number of hydrogen-bond acceptors (Lipinski definition) is 3. The molecule has 1 amide bonds. The number of amides is 1. The molecule has 0 radical (unpaired) electrons. The number of nitrogens with two attached hydrogens (primary N) is 3. The average molecular weight is 131 g/mol. The van der Waals surface area contributed by atoms with Crippen LogP contribution in [0.4, 0.5) is 0 Å². The van der Waals surface area contributed by atoms with Crippen molar-refractivity contribution < 1.29 is 4.79 Å². The van der Waals surface area contributed by atoms with Crippen LogP contribution in [0.2, 0.25) is 0 Å². The van der Waals surface area contributed by atoms with Crippen LogP contribution in [0.1, 0.15) is 13.8 Å². The molecule has 0 aromatic heterocycles. The second-order valence-corrected chi connectivity index (χ2v) is 2.45. The number of rotatable bonds is 2. The van der Waals surface area contributed by atoms with Gasteiger partial charge in [-0.2, -0.15) is 0 Å². The van der Waals surface area contributed by atoms with Gasteiger partial charge in [-0.15, -0.1) is 0 Å². The van der Waals surface area contributed by atoms with Crippen molar-refractivity contribution >= 4 is 5.91 Å².